The van der Waals surface area contributed by atoms with Gasteiger partial charge in [0.1, 0.15) is 5.75 Å². The SMILES string of the molecule is O=C(CCOc1cccc(Cl)c1)Nc1ccccc1NC(=O)Cc1cccs1. The zero-order valence-corrected chi connectivity index (χ0v) is 16.6. The zero-order chi connectivity index (χ0) is 19.8. The lowest BCUT2D eigenvalue weighted by Crippen LogP contribution is -2.19. The second kappa shape index (κ2) is 9.92. The van der Waals surface area contributed by atoms with Crippen molar-refractivity contribution in [2.45, 2.75) is 12.8 Å². The summed E-state index contributed by atoms with van der Waals surface area (Å²) in [5.41, 5.74) is 1.11. The number of amides is 2. The van der Waals surface area contributed by atoms with E-state index in [-0.39, 0.29) is 24.8 Å². The highest BCUT2D eigenvalue weighted by Crippen LogP contribution is 2.22. The van der Waals surface area contributed by atoms with E-state index in [0.29, 0.717) is 28.6 Å². The van der Waals surface area contributed by atoms with Crippen LogP contribution in [0.4, 0.5) is 11.4 Å². The number of hydrogen-bond donors (Lipinski definition) is 2. The number of benzene rings is 2. The third kappa shape index (κ3) is 6.11. The molecule has 0 spiro atoms. The highest BCUT2D eigenvalue weighted by Gasteiger charge is 2.10. The Morgan fingerprint density at radius 2 is 1.68 bits per heavy atom. The van der Waals surface area contributed by atoms with Crippen molar-refractivity contribution in [2.75, 3.05) is 17.2 Å². The lowest BCUT2D eigenvalue weighted by atomic mass is 10.2. The highest BCUT2D eigenvalue weighted by atomic mass is 35.5. The quantitative estimate of drug-likeness (QED) is 0.545. The number of anilines is 2. The number of carbonyl (C=O) groups is 2. The van der Waals surface area contributed by atoms with Gasteiger partial charge >= 0.3 is 0 Å². The summed E-state index contributed by atoms with van der Waals surface area (Å²) in [7, 11) is 0. The molecule has 2 amide bonds. The first-order valence-electron chi connectivity index (χ1n) is 8.69. The second-order valence-corrected chi connectivity index (χ2v) is 7.42. The summed E-state index contributed by atoms with van der Waals surface area (Å²) in [6, 6.07) is 17.9. The van der Waals surface area contributed by atoms with E-state index in [1.807, 2.05) is 17.5 Å². The van der Waals surface area contributed by atoms with Crippen molar-refractivity contribution in [3.63, 3.8) is 0 Å². The van der Waals surface area contributed by atoms with Gasteiger partial charge in [0.15, 0.2) is 0 Å². The molecular formula is C21H19ClN2O3S. The third-order valence-corrected chi connectivity index (χ3v) is 4.90. The Bertz CT molecular complexity index is 944. The molecule has 3 aromatic rings. The van der Waals surface area contributed by atoms with E-state index >= 15 is 0 Å². The topological polar surface area (TPSA) is 67.4 Å². The number of para-hydroxylation sites is 2. The number of hydrogen-bond acceptors (Lipinski definition) is 4. The van der Waals surface area contributed by atoms with E-state index in [9.17, 15) is 9.59 Å². The molecule has 3 rings (SSSR count). The molecule has 0 aliphatic rings. The smallest absolute Gasteiger partial charge is 0.229 e. The van der Waals surface area contributed by atoms with Crippen LogP contribution in [0.25, 0.3) is 0 Å². The molecule has 0 unspecified atom stereocenters. The summed E-state index contributed by atoms with van der Waals surface area (Å²) in [5.74, 6) is 0.275. The molecule has 0 fully saturated rings. The predicted octanol–water partition coefficient (Wildman–Crippen LogP) is 4.99. The molecule has 7 heteroatoms. The van der Waals surface area contributed by atoms with E-state index in [1.54, 1.807) is 48.5 Å². The van der Waals surface area contributed by atoms with Crippen LogP contribution >= 0.6 is 22.9 Å². The first-order valence-corrected chi connectivity index (χ1v) is 9.95. The molecule has 2 aromatic carbocycles. The molecule has 0 aliphatic heterocycles. The van der Waals surface area contributed by atoms with Crippen molar-refractivity contribution in [3.8, 4) is 5.75 Å². The van der Waals surface area contributed by atoms with Crippen molar-refractivity contribution in [3.05, 3.63) is 75.9 Å². The molecular weight excluding hydrogens is 396 g/mol. The molecule has 0 saturated carbocycles. The van der Waals surface area contributed by atoms with Crippen LogP contribution < -0.4 is 15.4 Å². The van der Waals surface area contributed by atoms with Crippen LogP contribution in [0.2, 0.25) is 5.02 Å². The van der Waals surface area contributed by atoms with Gasteiger partial charge in [-0.15, -0.1) is 11.3 Å². The molecule has 0 radical (unpaired) electrons. The average molecular weight is 415 g/mol. The Morgan fingerprint density at radius 1 is 0.929 bits per heavy atom. The van der Waals surface area contributed by atoms with Gasteiger partial charge in [-0.1, -0.05) is 35.9 Å². The summed E-state index contributed by atoms with van der Waals surface area (Å²) < 4.78 is 5.53. The Hall–Kier alpha value is -2.83. The molecule has 5 nitrogen and oxygen atoms in total. The Morgan fingerprint density at radius 3 is 2.36 bits per heavy atom. The first-order chi connectivity index (χ1) is 13.6. The van der Waals surface area contributed by atoms with E-state index < -0.39 is 0 Å². The van der Waals surface area contributed by atoms with E-state index in [4.69, 9.17) is 16.3 Å². The molecule has 28 heavy (non-hydrogen) atoms. The molecule has 2 N–H and O–H groups in total. The summed E-state index contributed by atoms with van der Waals surface area (Å²) in [5, 5.41) is 8.18. The molecule has 0 atom stereocenters. The van der Waals surface area contributed by atoms with E-state index in [0.717, 1.165) is 4.88 Å². The van der Waals surface area contributed by atoms with Crippen molar-refractivity contribution in [1.29, 1.82) is 0 Å². The van der Waals surface area contributed by atoms with Crippen LogP contribution in [0, 0.1) is 0 Å². The summed E-state index contributed by atoms with van der Waals surface area (Å²) in [6.45, 7) is 0.221. The van der Waals surface area contributed by atoms with Crippen molar-refractivity contribution < 1.29 is 14.3 Å². The van der Waals surface area contributed by atoms with Gasteiger partial charge in [0.05, 0.1) is 30.8 Å². The van der Waals surface area contributed by atoms with Crippen molar-refractivity contribution in [2.24, 2.45) is 0 Å². The molecule has 0 saturated heterocycles. The largest absolute Gasteiger partial charge is 0.493 e. The van der Waals surface area contributed by atoms with Gasteiger partial charge < -0.3 is 15.4 Å². The van der Waals surface area contributed by atoms with Gasteiger partial charge in [-0.05, 0) is 41.8 Å². The minimum Gasteiger partial charge on any atom is -0.493 e. The number of rotatable bonds is 8. The Labute approximate surface area is 172 Å². The standard InChI is InChI=1S/C21H19ClN2O3S/c22-15-5-3-6-16(13-15)27-11-10-20(25)23-18-8-1-2-9-19(18)24-21(26)14-17-7-4-12-28-17/h1-9,12-13H,10-11,14H2,(H,23,25)(H,24,26). The van der Waals surface area contributed by atoms with Crippen LogP contribution in [0.15, 0.2) is 66.0 Å². The van der Waals surface area contributed by atoms with E-state index in [1.165, 1.54) is 11.3 Å². The summed E-state index contributed by atoms with van der Waals surface area (Å²) >= 11 is 7.44. The lowest BCUT2D eigenvalue weighted by molar-refractivity contribution is -0.117. The minimum absolute atomic E-state index is 0.131. The van der Waals surface area contributed by atoms with Gasteiger partial charge in [-0.2, -0.15) is 0 Å². The summed E-state index contributed by atoms with van der Waals surface area (Å²) in [4.78, 5) is 25.4. The van der Waals surface area contributed by atoms with Gasteiger partial charge in [0, 0.05) is 9.90 Å². The van der Waals surface area contributed by atoms with Gasteiger partial charge in [0.25, 0.3) is 0 Å². The first kappa shape index (κ1) is 19.9. The normalized spacial score (nSPS) is 10.3. The van der Waals surface area contributed by atoms with Gasteiger partial charge in [0.2, 0.25) is 11.8 Å². The van der Waals surface area contributed by atoms with Crippen molar-refractivity contribution in [1.82, 2.24) is 0 Å². The molecule has 1 aromatic heterocycles. The molecule has 0 aliphatic carbocycles. The molecule has 1 heterocycles. The predicted molar refractivity (Wildman–Crippen MR) is 113 cm³/mol. The van der Waals surface area contributed by atoms with Crippen LogP contribution in [0.5, 0.6) is 5.75 Å². The maximum absolute atomic E-state index is 12.2. The third-order valence-electron chi connectivity index (χ3n) is 3.78. The highest BCUT2D eigenvalue weighted by molar-refractivity contribution is 7.10. The fourth-order valence-corrected chi connectivity index (χ4v) is 3.38. The second-order valence-electron chi connectivity index (χ2n) is 5.95. The lowest BCUT2D eigenvalue weighted by Gasteiger charge is -2.12. The maximum atomic E-state index is 12.2. The molecule has 144 valence electrons. The maximum Gasteiger partial charge on any atom is 0.229 e. The fraction of sp³-hybridized carbons (Fsp3) is 0.143. The number of thiophene rings is 1. The zero-order valence-electron chi connectivity index (χ0n) is 15.0. The Balaban J connectivity index is 1.52. The number of halogens is 1. The van der Waals surface area contributed by atoms with Crippen LogP contribution in [-0.4, -0.2) is 18.4 Å². The van der Waals surface area contributed by atoms with Crippen LogP contribution in [-0.2, 0) is 16.0 Å². The molecule has 0 bridgehead atoms. The fourth-order valence-electron chi connectivity index (χ4n) is 2.50. The number of nitrogens with one attached hydrogen (secondary N) is 2. The van der Waals surface area contributed by atoms with Gasteiger partial charge in [-0.25, -0.2) is 0 Å². The summed E-state index contributed by atoms with van der Waals surface area (Å²) in [6.07, 6.45) is 0.470. The monoisotopic (exact) mass is 414 g/mol. The number of carbonyl (C=O) groups excluding carboxylic acids is 2. The van der Waals surface area contributed by atoms with Gasteiger partial charge in [-0.3, -0.25) is 9.59 Å². The van der Waals surface area contributed by atoms with E-state index in [2.05, 4.69) is 10.6 Å². The Kier molecular flexibility index (Phi) is 7.06. The van der Waals surface area contributed by atoms with Crippen LogP contribution in [0.1, 0.15) is 11.3 Å². The van der Waals surface area contributed by atoms with Crippen molar-refractivity contribution >= 4 is 46.1 Å². The number of ether oxygens (including phenoxy) is 1. The minimum atomic E-state index is -0.206. The average Bonchev–Trinajstić information content (AvgIpc) is 3.16. The van der Waals surface area contributed by atoms with Crippen LogP contribution in [0.3, 0.4) is 0 Å².